The van der Waals surface area contributed by atoms with Gasteiger partial charge >= 0.3 is 17.8 Å². The van der Waals surface area contributed by atoms with Crippen LogP contribution in [0.4, 0.5) is 5.69 Å². The van der Waals surface area contributed by atoms with Crippen molar-refractivity contribution < 1.29 is 23.9 Å². The molecule has 0 fully saturated rings. The fourth-order valence-electron chi connectivity index (χ4n) is 3.14. The van der Waals surface area contributed by atoms with E-state index in [1.54, 1.807) is 55.5 Å². The van der Waals surface area contributed by atoms with Crippen molar-refractivity contribution in [3.63, 3.8) is 0 Å². The Labute approximate surface area is 211 Å². The molecule has 3 aromatic rings. The number of ether oxygens (including phenoxy) is 2. The number of amides is 2. The van der Waals surface area contributed by atoms with Crippen LogP contribution in [-0.2, 0) is 9.59 Å². The third-order valence-electron chi connectivity index (χ3n) is 5.04. The first-order valence-electron chi connectivity index (χ1n) is 10.6. The Morgan fingerprint density at radius 3 is 2.34 bits per heavy atom. The second-order valence-electron chi connectivity index (χ2n) is 7.65. The average molecular weight is 538 g/mol. The van der Waals surface area contributed by atoms with E-state index in [9.17, 15) is 14.4 Å². The maximum atomic E-state index is 12.5. The number of nitrogens with zero attached hydrogens (tertiary/aromatic N) is 1. The van der Waals surface area contributed by atoms with E-state index in [4.69, 9.17) is 9.47 Å². The molecule has 180 valence electrons. The van der Waals surface area contributed by atoms with Crippen molar-refractivity contribution in [2.24, 2.45) is 5.10 Å². The number of anilines is 1. The Morgan fingerprint density at radius 1 is 0.914 bits per heavy atom. The van der Waals surface area contributed by atoms with Crippen LogP contribution in [0, 0.1) is 13.8 Å². The van der Waals surface area contributed by atoms with Crippen LogP contribution < -0.4 is 20.2 Å². The van der Waals surface area contributed by atoms with E-state index in [0.717, 1.165) is 11.1 Å². The van der Waals surface area contributed by atoms with Gasteiger partial charge in [0.05, 0.1) is 18.4 Å². The number of esters is 1. The summed E-state index contributed by atoms with van der Waals surface area (Å²) in [6.45, 7) is 5.44. The molecule has 0 aliphatic carbocycles. The summed E-state index contributed by atoms with van der Waals surface area (Å²) >= 11 is 3.33. The highest BCUT2D eigenvalue weighted by Crippen LogP contribution is 2.30. The fourth-order valence-corrected chi connectivity index (χ4v) is 3.59. The first kappa shape index (κ1) is 25.6. The molecule has 0 aliphatic rings. The molecule has 0 bridgehead atoms. The summed E-state index contributed by atoms with van der Waals surface area (Å²) in [4.78, 5) is 36.9. The van der Waals surface area contributed by atoms with Crippen LogP contribution in [0.1, 0.15) is 34.0 Å². The van der Waals surface area contributed by atoms with Crippen molar-refractivity contribution in [1.82, 2.24) is 5.43 Å². The molecule has 0 saturated carbocycles. The topological polar surface area (TPSA) is 106 Å². The molecule has 0 spiro atoms. The molecule has 0 unspecified atom stereocenters. The molecule has 3 aromatic carbocycles. The number of hydrogen-bond donors (Lipinski definition) is 2. The maximum absolute atomic E-state index is 12.5. The number of rotatable bonds is 6. The standard InChI is InChI=1S/C26H24BrN3O5/c1-15-9-11-21(16(2)13-15)28-24(31)25(32)30-29-17(3)18-10-12-22(23(14-18)34-4)35-26(33)19-7-5-6-8-20(19)27/h5-14H,1-4H3,(H,28,31)(H,30,32). The quantitative estimate of drug-likeness (QED) is 0.155. The van der Waals surface area contributed by atoms with E-state index >= 15 is 0 Å². The third-order valence-corrected chi connectivity index (χ3v) is 5.73. The van der Waals surface area contributed by atoms with Crippen molar-refractivity contribution in [3.05, 3.63) is 87.4 Å². The van der Waals surface area contributed by atoms with Crippen LogP contribution in [0.15, 0.2) is 70.2 Å². The molecule has 3 rings (SSSR count). The normalized spacial score (nSPS) is 10.9. The minimum Gasteiger partial charge on any atom is -0.493 e. The Kier molecular flexibility index (Phi) is 8.38. The van der Waals surface area contributed by atoms with Gasteiger partial charge in [0.25, 0.3) is 0 Å². The van der Waals surface area contributed by atoms with Crippen LogP contribution >= 0.6 is 15.9 Å². The third kappa shape index (κ3) is 6.54. The summed E-state index contributed by atoms with van der Waals surface area (Å²) in [5.41, 5.74) is 6.08. The number of carbonyl (C=O) groups is 3. The molecular weight excluding hydrogens is 514 g/mol. The zero-order valence-corrected chi connectivity index (χ0v) is 21.2. The lowest BCUT2D eigenvalue weighted by Crippen LogP contribution is -2.33. The summed E-state index contributed by atoms with van der Waals surface area (Å²) < 4.78 is 11.5. The minimum atomic E-state index is -0.907. The van der Waals surface area contributed by atoms with Gasteiger partial charge in [0.2, 0.25) is 0 Å². The molecule has 2 N–H and O–H groups in total. The van der Waals surface area contributed by atoms with Gasteiger partial charge in [-0.05, 0) is 78.7 Å². The van der Waals surface area contributed by atoms with Gasteiger partial charge in [-0.1, -0.05) is 29.8 Å². The largest absolute Gasteiger partial charge is 0.493 e. The van der Waals surface area contributed by atoms with Gasteiger partial charge in [0.1, 0.15) is 0 Å². The number of aryl methyl sites for hydroxylation is 2. The number of halogens is 1. The van der Waals surface area contributed by atoms with Crippen LogP contribution in [-0.4, -0.2) is 30.6 Å². The smallest absolute Gasteiger partial charge is 0.344 e. The summed E-state index contributed by atoms with van der Waals surface area (Å²) in [7, 11) is 1.44. The van der Waals surface area contributed by atoms with Gasteiger partial charge in [-0.2, -0.15) is 5.10 Å². The number of hydrazone groups is 1. The lowest BCUT2D eigenvalue weighted by Gasteiger charge is -2.12. The summed E-state index contributed by atoms with van der Waals surface area (Å²) in [6.07, 6.45) is 0. The molecule has 0 saturated heterocycles. The molecule has 8 nitrogen and oxygen atoms in total. The Balaban J connectivity index is 1.68. The van der Waals surface area contributed by atoms with Gasteiger partial charge in [0.15, 0.2) is 11.5 Å². The number of methoxy groups -OCH3 is 1. The number of nitrogens with one attached hydrogen (secondary N) is 2. The van der Waals surface area contributed by atoms with Crippen molar-refractivity contribution in [1.29, 1.82) is 0 Å². The molecular formula is C26H24BrN3O5. The number of hydrogen-bond acceptors (Lipinski definition) is 6. The monoisotopic (exact) mass is 537 g/mol. The zero-order chi connectivity index (χ0) is 25.5. The predicted octanol–water partition coefficient (Wildman–Crippen LogP) is 4.77. The maximum Gasteiger partial charge on any atom is 0.344 e. The first-order chi connectivity index (χ1) is 16.7. The van der Waals surface area contributed by atoms with Crippen molar-refractivity contribution in [3.8, 4) is 11.5 Å². The molecule has 0 aromatic heterocycles. The average Bonchev–Trinajstić information content (AvgIpc) is 2.84. The highest BCUT2D eigenvalue weighted by atomic mass is 79.9. The predicted molar refractivity (Wildman–Crippen MR) is 137 cm³/mol. The highest BCUT2D eigenvalue weighted by Gasteiger charge is 2.17. The zero-order valence-electron chi connectivity index (χ0n) is 19.6. The number of benzene rings is 3. The summed E-state index contributed by atoms with van der Waals surface area (Å²) in [5, 5.41) is 6.58. The SMILES string of the molecule is COc1cc(C(C)=NNC(=O)C(=O)Nc2ccc(C)cc2C)ccc1OC(=O)c1ccccc1Br. The molecule has 0 aliphatic heterocycles. The summed E-state index contributed by atoms with van der Waals surface area (Å²) in [6, 6.07) is 17.2. The van der Waals surface area contributed by atoms with Crippen LogP contribution in [0.3, 0.4) is 0 Å². The van der Waals surface area contributed by atoms with Crippen molar-refractivity contribution in [2.75, 3.05) is 12.4 Å². The molecule has 9 heteroatoms. The lowest BCUT2D eigenvalue weighted by molar-refractivity contribution is -0.136. The molecule has 2 amide bonds. The van der Waals surface area contributed by atoms with Crippen molar-refractivity contribution in [2.45, 2.75) is 20.8 Å². The Morgan fingerprint density at radius 2 is 1.66 bits per heavy atom. The van der Waals surface area contributed by atoms with Gasteiger partial charge in [-0.3, -0.25) is 9.59 Å². The van der Waals surface area contributed by atoms with Gasteiger partial charge in [-0.15, -0.1) is 0 Å². The molecule has 0 radical (unpaired) electrons. The second-order valence-corrected chi connectivity index (χ2v) is 8.50. The van der Waals surface area contributed by atoms with Crippen molar-refractivity contribution >= 4 is 45.1 Å². The number of carbonyl (C=O) groups excluding carboxylic acids is 3. The Hall–Kier alpha value is -3.98. The lowest BCUT2D eigenvalue weighted by atomic mass is 10.1. The van der Waals surface area contributed by atoms with E-state index in [-0.39, 0.29) is 5.75 Å². The first-order valence-corrected chi connectivity index (χ1v) is 11.4. The molecule has 0 atom stereocenters. The van der Waals surface area contributed by atoms with E-state index in [0.29, 0.717) is 32.7 Å². The van der Waals surface area contributed by atoms with Gasteiger partial charge < -0.3 is 14.8 Å². The van der Waals surface area contributed by atoms with E-state index in [1.807, 2.05) is 26.0 Å². The van der Waals surface area contributed by atoms with E-state index in [1.165, 1.54) is 7.11 Å². The van der Waals surface area contributed by atoms with E-state index in [2.05, 4.69) is 31.8 Å². The van der Waals surface area contributed by atoms with Crippen LogP contribution in [0.2, 0.25) is 0 Å². The minimum absolute atomic E-state index is 0.224. The Bertz CT molecular complexity index is 1320. The highest BCUT2D eigenvalue weighted by molar-refractivity contribution is 9.10. The summed E-state index contributed by atoms with van der Waals surface area (Å²) in [5.74, 6) is -1.76. The van der Waals surface area contributed by atoms with Crippen LogP contribution in [0.5, 0.6) is 11.5 Å². The van der Waals surface area contributed by atoms with Crippen LogP contribution in [0.25, 0.3) is 0 Å². The molecule has 0 heterocycles. The molecule has 35 heavy (non-hydrogen) atoms. The van der Waals surface area contributed by atoms with E-state index < -0.39 is 17.8 Å². The second kappa shape index (κ2) is 11.4. The van der Waals surface area contributed by atoms with Gasteiger partial charge in [0, 0.05) is 15.7 Å². The van der Waals surface area contributed by atoms with Gasteiger partial charge in [-0.25, -0.2) is 10.2 Å². The fraction of sp³-hybridized carbons (Fsp3) is 0.154.